The van der Waals surface area contributed by atoms with E-state index in [1.165, 1.54) is 21.1 Å². The zero-order chi connectivity index (χ0) is 15.0. The van der Waals surface area contributed by atoms with Gasteiger partial charge in [-0.15, -0.1) is 11.3 Å². The summed E-state index contributed by atoms with van der Waals surface area (Å²) in [6, 6.07) is 0. The SMILES string of the molecule is CCOC(=O)c1c(NC(=O)C2CC2)sc2c1CC[NH+](C)C2. The van der Waals surface area contributed by atoms with Gasteiger partial charge in [-0.05, 0) is 25.3 Å². The monoisotopic (exact) mass is 309 g/mol. The van der Waals surface area contributed by atoms with Crippen molar-refractivity contribution in [2.24, 2.45) is 5.92 Å². The van der Waals surface area contributed by atoms with E-state index in [0.29, 0.717) is 17.2 Å². The molecule has 0 radical (unpaired) electrons. The summed E-state index contributed by atoms with van der Waals surface area (Å²) in [4.78, 5) is 26.9. The predicted molar refractivity (Wildman–Crippen MR) is 80.8 cm³/mol. The van der Waals surface area contributed by atoms with Crippen LogP contribution in [0.3, 0.4) is 0 Å². The van der Waals surface area contributed by atoms with Crippen LogP contribution in [0.2, 0.25) is 0 Å². The molecule has 114 valence electrons. The van der Waals surface area contributed by atoms with Crippen molar-refractivity contribution in [3.05, 3.63) is 16.0 Å². The molecule has 1 aliphatic carbocycles. The molecule has 0 saturated heterocycles. The second kappa shape index (κ2) is 5.77. The van der Waals surface area contributed by atoms with Crippen LogP contribution in [0.1, 0.15) is 40.6 Å². The van der Waals surface area contributed by atoms with Crippen molar-refractivity contribution < 1.29 is 19.2 Å². The fourth-order valence-corrected chi connectivity index (χ4v) is 4.04. The Kier molecular flexibility index (Phi) is 3.99. The molecule has 1 amide bonds. The molecule has 2 aliphatic rings. The van der Waals surface area contributed by atoms with E-state index in [1.807, 2.05) is 0 Å². The third kappa shape index (κ3) is 2.96. The summed E-state index contributed by atoms with van der Waals surface area (Å²) in [5, 5.41) is 3.64. The van der Waals surface area contributed by atoms with Crippen molar-refractivity contribution in [1.29, 1.82) is 0 Å². The summed E-state index contributed by atoms with van der Waals surface area (Å²) >= 11 is 1.54. The summed E-state index contributed by atoms with van der Waals surface area (Å²) in [5.74, 6) is -0.132. The summed E-state index contributed by atoms with van der Waals surface area (Å²) in [6.07, 6.45) is 2.78. The van der Waals surface area contributed by atoms with Gasteiger partial charge < -0.3 is 15.0 Å². The molecule has 2 heterocycles. The summed E-state index contributed by atoms with van der Waals surface area (Å²) < 4.78 is 5.19. The Balaban J connectivity index is 1.92. The zero-order valence-corrected chi connectivity index (χ0v) is 13.3. The molecular weight excluding hydrogens is 288 g/mol. The molecule has 1 aromatic heterocycles. The lowest BCUT2D eigenvalue weighted by atomic mass is 10.0. The number of carbonyl (C=O) groups is 2. The van der Waals surface area contributed by atoms with Gasteiger partial charge in [-0.2, -0.15) is 0 Å². The number of rotatable bonds is 4. The first-order valence-corrected chi connectivity index (χ1v) is 8.35. The molecule has 0 bridgehead atoms. The van der Waals surface area contributed by atoms with E-state index < -0.39 is 0 Å². The third-order valence-corrected chi connectivity index (χ3v) is 5.17. The van der Waals surface area contributed by atoms with E-state index in [2.05, 4.69) is 12.4 Å². The van der Waals surface area contributed by atoms with Crippen molar-refractivity contribution in [2.45, 2.75) is 32.7 Å². The minimum Gasteiger partial charge on any atom is -0.462 e. The molecule has 3 rings (SSSR count). The van der Waals surface area contributed by atoms with Gasteiger partial charge in [0.05, 0.1) is 30.6 Å². The Morgan fingerprint density at radius 1 is 1.43 bits per heavy atom. The van der Waals surface area contributed by atoms with Gasteiger partial charge in [0.1, 0.15) is 11.5 Å². The Morgan fingerprint density at radius 3 is 2.86 bits per heavy atom. The molecule has 2 N–H and O–H groups in total. The van der Waals surface area contributed by atoms with Crippen molar-refractivity contribution in [2.75, 3.05) is 25.5 Å². The molecule has 0 spiro atoms. The van der Waals surface area contributed by atoms with Gasteiger partial charge in [0.2, 0.25) is 5.91 Å². The highest BCUT2D eigenvalue weighted by Crippen LogP contribution is 2.37. The van der Waals surface area contributed by atoms with Crippen LogP contribution in [0.4, 0.5) is 5.00 Å². The average molecular weight is 309 g/mol. The standard InChI is InChI=1S/C15H20N2O3S/c1-3-20-15(19)12-10-6-7-17(2)8-11(10)21-14(12)16-13(18)9-4-5-9/h9H,3-8H2,1-2H3,(H,16,18)/p+1. The molecule has 1 saturated carbocycles. The van der Waals surface area contributed by atoms with Crippen LogP contribution in [-0.2, 0) is 22.5 Å². The Hall–Kier alpha value is -1.40. The van der Waals surface area contributed by atoms with Crippen LogP contribution < -0.4 is 10.2 Å². The highest BCUT2D eigenvalue weighted by atomic mass is 32.1. The van der Waals surface area contributed by atoms with Crippen molar-refractivity contribution in [1.82, 2.24) is 0 Å². The lowest BCUT2D eigenvalue weighted by molar-refractivity contribution is -0.895. The zero-order valence-electron chi connectivity index (χ0n) is 12.5. The smallest absolute Gasteiger partial charge is 0.341 e. The van der Waals surface area contributed by atoms with Crippen LogP contribution in [0.5, 0.6) is 0 Å². The van der Waals surface area contributed by atoms with Gasteiger partial charge >= 0.3 is 5.97 Å². The number of esters is 1. The molecule has 0 aromatic carbocycles. The molecule has 1 atom stereocenters. The number of fused-ring (bicyclic) bond motifs is 1. The van der Waals surface area contributed by atoms with Crippen molar-refractivity contribution >= 4 is 28.2 Å². The number of likely N-dealkylation sites (N-methyl/N-ethyl adjacent to an activating group) is 1. The van der Waals surface area contributed by atoms with Gasteiger partial charge in [-0.3, -0.25) is 4.79 Å². The molecule has 1 aliphatic heterocycles. The van der Waals surface area contributed by atoms with Gasteiger partial charge in [-0.25, -0.2) is 4.79 Å². The lowest BCUT2D eigenvalue weighted by Crippen LogP contribution is -3.08. The maximum Gasteiger partial charge on any atom is 0.341 e. The number of nitrogens with one attached hydrogen (secondary N) is 2. The quantitative estimate of drug-likeness (QED) is 0.811. The molecular formula is C15H21N2O3S+. The largest absolute Gasteiger partial charge is 0.462 e. The third-order valence-electron chi connectivity index (χ3n) is 4.02. The average Bonchev–Trinajstić information content (AvgIpc) is 3.21. The van der Waals surface area contributed by atoms with E-state index in [0.717, 1.165) is 37.9 Å². The Labute approximate surface area is 128 Å². The van der Waals surface area contributed by atoms with E-state index in [4.69, 9.17) is 4.74 Å². The summed E-state index contributed by atoms with van der Waals surface area (Å²) in [7, 11) is 2.15. The summed E-state index contributed by atoms with van der Waals surface area (Å²) in [5.41, 5.74) is 1.67. The number of ether oxygens (including phenoxy) is 1. The number of quaternary nitrogens is 1. The normalized spacial score (nSPS) is 20.8. The minimum absolute atomic E-state index is 0.0415. The number of thiophene rings is 1. The van der Waals surface area contributed by atoms with Crippen LogP contribution >= 0.6 is 11.3 Å². The van der Waals surface area contributed by atoms with Gasteiger partial charge in [0, 0.05) is 12.3 Å². The lowest BCUT2D eigenvalue weighted by Gasteiger charge is -2.19. The van der Waals surface area contributed by atoms with Crippen LogP contribution in [0.15, 0.2) is 0 Å². The Morgan fingerprint density at radius 2 is 2.19 bits per heavy atom. The first-order chi connectivity index (χ1) is 10.1. The number of anilines is 1. The molecule has 1 aromatic rings. The number of carbonyl (C=O) groups excluding carboxylic acids is 2. The summed E-state index contributed by atoms with van der Waals surface area (Å²) in [6.45, 7) is 4.07. The van der Waals surface area contributed by atoms with Crippen molar-refractivity contribution in [3.63, 3.8) is 0 Å². The van der Waals surface area contributed by atoms with Crippen LogP contribution in [0, 0.1) is 5.92 Å². The van der Waals surface area contributed by atoms with Crippen LogP contribution in [0.25, 0.3) is 0 Å². The number of hydrogen-bond acceptors (Lipinski definition) is 4. The highest BCUT2D eigenvalue weighted by Gasteiger charge is 2.34. The molecule has 21 heavy (non-hydrogen) atoms. The van der Waals surface area contributed by atoms with Gasteiger partial charge in [0.15, 0.2) is 0 Å². The van der Waals surface area contributed by atoms with E-state index in [1.54, 1.807) is 6.92 Å². The second-order valence-corrected chi connectivity index (χ2v) is 6.93. The topological polar surface area (TPSA) is 59.8 Å². The highest BCUT2D eigenvalue weighted by molar-refractivity contribution is 7.17. The second-order valence-electron chi connectivity index (χ2n) is 5.83. The maximum atomic E-state index is 12.3. The Bertz CT molecular complexity index is 578. The van der Waals surface area contributed by atoms with E-state index in [-0.39, 0.29) is 17.8 Å². The molecule has 5 nitrogen and oxygen atoms in total. The molecule has 6 heteroatoms. The predicted octanol–water partition coefficient (Wildman–Crippen LogP) is 0.844. The van der Waals surface area contributed by atoms with Crippen molar-refractivity contribution in [3.8, 4) is 0 Å². The van der Waals surface area contributed by atoms with Gasteiger partial charge in [-0.1, -0.05) is 0 Å². The first-order valence-electron chi connectivity index (χ1n) is 7.54. The van der Waals surface area contributed by atoms with Crippen LogP contribution in [-0.4, -0.2) is 32.1 Å². The fraction of sp³-hybridized carbons (Fsp3) is 0.600. The van der Waals surface area contributed by atoms with E-state index >= 15 is 0 Å². The minimum atomic E-state index is -0.305. The first kappa shape index (κ1) is 14.5. The molecule has 1 unspecified atom stereocenters. The fourth-order valence-electron chi connectivity index (χ4n) is 2.69. The van der Waals surface area contributed by atoms with E-state index in [9.17, 15) is 9.59 Å². The maximum absolute atomic E-state index is 12.3. The molecule has 1 fully saturated rings. The number of amides is 1. The number of hydrogen-bond donors (Lipinski definition) is 2. The van der Waals surface area contributed by atoms with Gasteiger partial charge in [0.25, 0.3) is 0 Å².